The number of rotatable bonds is 5. The molecule has 0 bridgehead atoms. The van der Waals surface area contributed by atoms with Crippen LogP contribution in [-0.4, -0.2) is 11.7 Å². The van der Waals surface area contributed by atoms with Gasteiger partial charge < -0.3 is 5.11 Å². The molecule has 0 aromatic rings. The molecule has 0 amide bonds. The molecule has 1 nitrogen and oxygen atoms in total. The molecule has 1 rings (SSSR count). The maximum absolute atomic E-state index is 8.89. The summed E-state index contributed by atoms with van der Waals surface area (Å²) < 4.78 is 0. The number of terminal acetylenes is 1. The van der Waals surface area contributed by atoms with Crippen LogP contribution >= 0.6 is 0 Å². The van der Waals surface area contributed by atoms with Crippen molar-refractivity contribution in [1.82, 2.24) is 0 Å². The fourth-order valence-corrected chi connectivity index (χ4v) is 2.87. The summed E-state index contributed by atoms with van der Waals surface area (Å²) in [5.41, 5.74) is 4.14. The van der Waals surface area contributed by atoms with Gasteiger partial charge in [-0.2, -0.15) is 0 Å². The fraction of sp³-hybridized carbons (Fsp3) is 0.647. The Morgan fingerprint density at radius 1 is 1.56 bits per heavy atom. The molecule has 0 saturated carbocycles. The van der Waals surface area contributed by atoms with E-state index in [0.29, 0.717) is 5.92 Å². The molecule has 0 aromatic carbocycles. The minimum atomic E-state index is 0.137. The normalized spacial score (nSPS) is 24.8. The zero-order chi connectivity index (χ0) is 13.8. The van der Waals surface area contributed by atoms with Crippen molar-refractivity contribution in [2.45, 2.75) is 53.4 Å². The highest BCUT2D eigenvalue weighted by Crippen LogP contribution is 2.48. The van der Waals surface area contributed by atoms with Crippen molar-refractivity contribution < 1.29 is 5.11 Å². The summed E-state index contributed by atoms with van der Waals surface area (Å²) >= 11 is 0. The van der Waals surface area contributed by atoms with Crippen molar-refractivity contribution in [3.63, 3.8) is 0 Å². The second-order valence-electron chi connectivity index (χ2n) is 5.99. The first-order valence-corrected chi connectivity index (χ1v) is 6.91. The molecule has 0 radical (unpaired) electrons. The second-order valence-corrected chi connectivity index (χ2v) is 5.99. The van der Waals surface area contributed by atoms with Crippen LogP contribution in [0.3, 0.4) is 0 Å². The van der Waals surface area contributed by atoms with E-state index >= 15 is 0 Å². The molecule has 0 unspecified atom stereocenters. The predicted octanol–water partition coefficient (Wildman–Crippen LogP) is 4.09. The third-order valence-corrected chi connectivity index (χ3v) is 4.22. The van der Waals surface area contributed by atoms with Crippen LogP contribution in [0.25, 0.3) is 0 Å². The van der Waals surface area contributed by atoms with Crippen molar-refractivity contribution in [2.75, 3.05) is 6.61 Å². The Kier molecular flexibility index (Phi) is 5.23. The zero-order valence-electron chi connectivity index (χ0n) is 12.2. The third-order valence-electron chi connectivity index (χ3n) is 4.22. The average molecular weight is 246 g/mol. The van der Waals surface area contributed by atoms with E-state index in [-0.39, 0.29) is 12.0 Å². The van der Waals surface area contributed by atoms with E-state index in [9.17, 15) is 0 Å². The molecule has 1 aliphatic rings. The Morgan fingerprint density at radius 3 is 2.72 bits per heavy atom. The maximum atomic E-state index is 8.89. The summed E-state index contributed by atoms with van der Waals surface area (Å²) in [6, 6.07) is 0. The summed E-state index contributed by atoms with van der Waals surface area (Å²) in [5, 5.41) is 8.89. The first-order valence-electron chi connectivity index (χ1n) is 6.91. The van der Waals surface area contributed by atoms with Crippen LogP contribution in [0.1, 0.15) is 53.4 Å². The van der Waals surface area contributed by atoms with E-state index in [1.54, 1.807) is 0 Å². The van der Waals surface area contributed by atoms with Gasteiger partial charge in [0.25, 0.3) is 0 Å². The van der Waals surface area contributed by atoms with E-state index < -0.39 is 0 Å². The summed E-state index contributed by atoms with van der Waals surface area (Å²) in [5.74, 6) is 3.51. The molecule has 0 saturated heterocycles. The Bertz CT molecular complexity index is 392. The lowest BCUT2D eigenvalue weighted by Gasteiger charge is -2.26. The second kappa shape index (κ2) is 6.25. The predicted molar refractivity (Wildman–Crippen MR) is 78.1 cm³/mol. The molecular formula is C17H26O. The highest BCUT2D eigenvalue weighted by molar-refractivity contribution is 5.41. The van der Waals surface area contributed by atoms with Crippen LogP contribution in [-0.2, 0) is 0 Å². The first kappa shape index (κ1) is 15.1. The smallest absolute Gasteiger partial charge is 0.0614 e. The molecule has 1 N–H and O–H groups in total. The molecule has 0 aliphatic heterocycles. The van der Waals surface area contributed by atoms with Crippen molar-refractivity contribution in [3.05, 3.63) is 22.8 Å². The Morgan fingerprint density at radius 2 is 2.22 bits per heavy atom. The summed E-state index contributed by atoms with van der Waals surface area (Å²) in [6.07, 6.45) is 12.1. The lowest BCUT2D eigenvalue weighted by Crippen LogP contribution is -2.15. The molecule has 1 atom stereocenters. The summed E-state index contributed by atoms with van der Waals surface area (Å²) in [6.45, 7) is 8.98. The Hall–Kier alpha value is -1.00. The number of allylic oxidation sites excluding steroid dienone is 3. The van der Waals surface area contributed by atoms with Crippen molar-refractivity contribution in [3.8, 4) is 12.3 Å². The van der Waals surface area contributed by atoms with Gasteiger partial charge in [0.05, 0.1) is 6.61 Å². The van der Waals surface area contributed by atoms with Crippen LogP contribution in [0, 0.1) is 23.7 Å². The SMILES string of the molecule is C#CC1=C(C(C)C)CC[C@]1(C)CC/C(C)=C\CO. The van der Waals surface area contributed by atoms with Crippen molar-refractivity contribution >= 4 is 0 Å². The highest BCUT2D eigenvalue weighted by Gasteiger charge is 2.35. The molecule has 1 aliphatic carbocycles. The Balaban J connectivity index is 2.82. The lowest BCUT2D eigenvalue weighted by molar-refractivity contribution is 0.339. The molecule has 18 heavy (non-hydrogen) atoms. The molecule has 1 heteroatoms. The van der Waals surface area contributed by atoms with Crippen LogP contribution in [0.4, 0.5) is 0 Å². The average Bonchev–Trinajstić information content (AvgIpc) is 2.65. The van der Waals surface area contributed by atoms with Crippen LogP contribution in [0.15, 0.2) is 22.8 Å². The van der Waals surface area contributed by atoms with Gasteiger partial charge in [0.15, 0.2) is 0 Å². The largest absolute Gasteiger partial charge is 0.392 e. The van der Waals surface area contributed by atoms with Gasteiger partial charge in [-0.1, -0.05) is 43.9 Å². The van der Waals surface area contributed by atoms with Crippen molar-refractivity contribution in [2.24, 2.45) is 11.3 Å². The molecule has 0 spiro atoms. The molecular weight excluding hydrogens is 220 g/mol. The quantitative estimate of drug-likeness (QED) is 0.572. The van der Waals surface area contributed by atoms with Crippen molar-refractivity contribution in [1.29, 1.82) is 0 Å². The minimum absolute atomic E-state index is 0.137. The molecule has 0 fully saturated rings. The number of hydrogen-bond acceptors (Lipinski definition) is 1. The summed E-state index contributed by atoms with van der Waals surface area (Å²) in [4.78, 5) is 0. The van der Waals surface area contributed by atoms with Gasteiger partial charge in [-0.15, -0.1) is 6.42 Å². The van der Waals surface area contributed by atoms with E-state index in [1.165, 1.54) is 23.1 Å². The number of aliphatic hydroxyl groups is 1. The molecule has 0 heterocycles. The molecule has 0 aromatic heterocycles. The first-order chi connectivity index (χ1) is 8.44. The van der Waals surface area contributed by atoms with Gasteiger partial charge in [0.1, 0.15) is 0 Å². The van der Waals surface area contributed by atoms with E-state index in [1.807, 2.05) is 6.08 Å². The maximum Gasteiger partial charge on any atom is 0.0614 e. The van der Waals surface area contributed by atoms with Gasteiger partial charge in [-0.05, 0) is 38.5 Å². The fourth-order valence-electron chi connectivity index (χ4n) is 2.87. The van der Waals surface area contributed by atoms with Gasteiger partial charge in [0.2, 0.25) is 0 Å². The highest BCUT2D eigenvalue weighted by atomic mass is 16.2. The topological polar surface area (TPSA) is 20.2 Å². The molecule has 100 valence electrons. The van der Waals surface area contributed by atoms with Gasteiger partial charge in [-0.3, -0.25) is 0 Å². The van der Waals surface area contributed by atoms with Crippen LogP contribution in [0.5, 0.6) is 0 Å². The van der Waals surface area contributed by atoms with E-state index in [0.717, 1.165) is 19.3 Å². The zero-order valence-corrected chi connectivity index (χ0v) is 12.2. The summed E-state index contributed by atoms with van der Waals surface area (Å²) in [7, 11) is 0. The van der Waals surface area contributed by atoms with E-state index in [4.69, 9.17) is 11.5 Å². The number of aliphatic hydroxyl groups excluding tert-OH is 1. The third kappa shape index (κ3) is 3.27. The lowest BCUT2D eigenvalue weighted by atomic mass is 9.78. The standard InChI is InChI=1S/C17H26O/c1-6-16-15(13(2)3)8-11-17(16,5)10-7-14(4)9-12-18/h1,9,13,18H,7-8,10-12H2,2-5H3/b14-9-/t17-/m0/s1. The van der Waals surface area contributed by atoms with Gasteiger partial charge >= 0.3 is 0 Å². The van der Waals surface area contributed by atoms with Gasteiger partial charge in [-0.25, -0.2) is 0 Å². The van der Waals surface area contributed by atoms with E-state index in [2.05, 4.69) is 33.6 Å². The number of hydrogen-bond donors (Lipinski definition) is 1. The Labute approximate surface area is 112 Å². The monoisotopic (exact) mass is 246 g/mol. The van der Waals surface area contributed by atoms with Crippen LogP contribution in [0.2, 0.25) is 0 Å². The van der Waals surface area contributed by atoms with Crippen LogP contribution < -0.4 is 0 Å². The minimum Gasteiger partial charge on any atom is -0.392 e. The van der Waals surface area contributed by atoms with Gasteiger partial charge in [0, 0.05) is 11.0 Å².